The lowest BCUT2D eigenvalue weighted by atomic mass is 9.80. The van der Waals surface area contributed by atoms with Crippen LogP contribution in [0.3, 0.4) is 0 Å². The number of ether oxygens (including phenoxy) is 1. The zero-order valence-electron chi connectivity index (χ0n) is 8.68. The van der Waals surface area contributed by atoms with Crippen LogP contribution in [0, 0.1) is 11.3 Å². The fourth-order valence-electron chi connectivity index (χ4n) is 1.44. The van der Waals surface area contributed by atoms with Crippen LogP contribution in [0.15, 0.2) is 0 Å². The number of nitrogens with one attached hydrogen (secondary N) is 1. The van der Waals surface area contributed by atoms with Crippen molar-refractivity contribution in [2.75, 3.05) is 13.2 Å². The largest absolute Gasteiger partial charge is 0.363 e. The Labute approximate surface area is 75.7 Å². The predicted octanol–water partition coefficient (Wildman–Crippen LogP) is 2.00. The van der Waals surface area contributed by atoms with E-state index in [-0.39, 0.29) is 0 Å². The molecule has 0 aromatic heterocycles. The van der Waals surface area contributed by atoms with Gasteiger partial charge in [-0.1, -0.05) is 27.7 Å². The van der Waals surface area contributed by atoms with Crippen molar-refractivity contribution in [2.24, 2.45) is 11.3 Å². The van der Waals surface area contributed by atoms with Gasteiger partial charge in [0.05, 0.1) is 6.61 Å². The van der Waals surface area contributed by atoms with Crippen molar-refractivity contribution in [1.82, 2.24) is 5.32 Å². The molecule has 2 nitrogen and oxygen atoms in total. The summed E-state index contributed by atoms with van der Waals surface area (Å²) in [7, 11) is 0. The molecule has 1 aliphatic rings. The second-order valence-corrected chi connectivity index (χ2v) is 4.70. The lowest BCUT2D eigenvalue weighted by Gasteiger charge is -2.37. The zero-order chi connectivity index (χ0) is 9.19. The Morgan fingerprint density at radius 3 is 2.42 bits per heavy atom. The van der Waals surface area contributed by atoms with Crippen LogP contribution in [0.25, 0.3) is 0 Å². The van der Waals surface area contributed by atoms with Crippen LogP contribution in [0.5, 0.6) is 0 Å². The van der Waals surface area contributed by atoms with E-state index in [9.17, 15) is 0 Å². The Morgan fingerprint density at radius 1 is 1.42 bits per heavy atom. The molecule has 0 aromatic rings. The molecule has 1 N–H and O–H groups in total. The number of hydrogen-bond acceptors (Lipinski definition) is 2. The number of rotatable bonds is 1. The molecular formula is C10H21NO. The van der Waals surface area contributed by atoms with E-state index in [1.54, 1.807) is 0 Å². The van der Waals surface area contributed by atoms with Gasteiger partial charge in [-0.2, -0.15) is 0 Å². The Hall–Kier alpha value is -0.0800. The second kappa shape index (κ2) is 3.75. The monoisotopic (exact) mass is 171 g/mol. The van der Waals surface area contributed by atoms with Gasteiger partial charge in [-0.15, -0.1) is 0 Å². The highest BCUT2D eigenvalue weighted by atomic mass is 16.5. The third kappa shape index (κ3) is 2.46. The standard InChI is InChI=1S/C10H21NO/c1-5-9-11-6-8(7-12-9)10(2,3)4/h8-9,11H,5-7H2,1-4H3. The highest BCUT2D eigenvalue weighted by molar-refractivity contribution is 4.79. The minimum atomic E-state index is 0.295. The third-order valence-electron chi connectivity index (χ3n) is 2.69. The first-order chi connectivity index (χ1) is 5.54. The molecule has 0 amide bonds. The van der Waals surface area contributed by atoms with Crippen molar-refractivity contribution in [3.8, 4) is 0 Å². The quantitative estimate of drug-likeness (QED) is 0.651. The van der Waals surface area contributed by atoms with E-state index in [0.29, 0.717) is 17.6 Å². The van der Waals surface area contributed by atoms with Gasteiger partial charge in [0.2, 0.25) is 0 Å². The van der Waals surface area contributed by atoms with E-state index in [1.165, 1.54) is 0 Å². The van der Waals surface area contributed by atoms with E-state index in [1.807, 2.05) is 0 Å². The third-order valence-corrected chi connectivity index (χ3v) is 2.69. The molecule has 0 saturated carbocycles. The van der Waals surface area contributed by atoms with E-state index in [2.05, 4.69) is 33.0 Å². The highest BCUT2D eigenvalue weighted by Gasteiger charge is 2.29. The fraction of sp³-hybridized carbons (Fsp3) is 1.00. The Morgan fingerprint density at radius 2 is 2.08 bits per heavy atom. The maximum absolute atomic E-state index is 5.66. The molecule has 2 atom stereocenters. The molecule has 12 heavy (non-hydrogen) atoms. The lowest BCUT2D eigenvalue weighted by molar-refractivity contribution is -0.0559. The molecule has 2 heteroatoms. The Kier molecular flexibility index (Phi) is 3.13. The fourth-order valence-corrected chi connectivity index (χ4v) is 1.44. The van der Waals surface area contributed by atoms with Crippen LogP contribution in [-0.4, -0.2) is 19.4 Å². The maximum Gasteiger partial charge on any atom is 0.107 e. The molecule has 0 aromatic carbocycles. The van der Waals surface area contributed by atoms with Gasteiger partial charge in [0.15, 0.2) is 0 Å². The summed E-state index contributed by atoms with van der Waals surface area (Å²) in [6, 6.07) is 0. The summed E-state index contributed by atoms with van der Waals surface area (Å²) >= 11 is 0. The van der Waals surface area contributed by atoms with Crippen molar-refractivity contribution in [2.45, 2.75) is 40.3 Å². The molecule has 0 aliphatic carbocycles. The second-order valence-electron chi connectivity index (χ2n) is 4.70. The normalized spacial score (nSPS) is 32.0. The molecule has 1 aliphatic heterocycles. The van der Waals surface area contributed by atoms with Crippen LogP contribution in [0.2, 0.25) is 0 Å². The molecule has 0 bridgehead atoms. The molecule has 0 radical (unpaired) electrons. The molecule has 1 rings (SSSR count). The van der Waals surface area contributed by atoms with Gasteiger partial charge in [0.25, 0.3) is 0 Å². The van der Waals surface area contributed by atoms with Gasteiger partial charge in [0, 0.05) is 6.54 Å². The average molecular weight is 171 g/mol. The first-order valence-corrected chi connectivity index (χ1v) is 4.89. The van der Waals surface area contributed by atoms with Crippen LogP contribution >= 0.6 is 0 Å². The SMILES string of the molecule is CCC1NCC(C(C)(C)C)CO1. The van der Waals surface area contributed by atoms with Crippen LogP contribution in [0.4, 0.5) is 0 Å². The van der Waals surface area contributed by atoms with Crippen molar-refractivity contribution in [1.29, 1.82) is 0 Å². The summed E-state index contributed by atoms with van der Waals surface area (Å²) in [5.74, 6) is 0.653. The first-order valence-electron chi connectivity index (χ1n) is 4.89. The smallest absolute Gasteiger partial charge is 0.107 e. The molecule has 0 spiro atoms. The predicted molar refractivity (Wildman–Crippen MR) is 51.0 cm³/mol. The van der Waals surface area contributed by atoms with Gasteiger partial charge in [0.1, 0.15) is 6.23 Å². The van der Waals surface area contributed by atoms with Crippen LogP contribution in [-0.2, 0) is 4.74 Å². The summed E-state index contributed by atoms with van der Waals surface area (Å²) in [5.41, 5.74) is 0.367. The summed E-state index contributed by atoms with van der Waals surface area (Å²) in [4.78, 5) is 0. The Bertz CT molecular complexity index is 131. The molecule has 72 valence electrons. The summed E-state index contributed by atoms with van der Waals surface area (Å²) < 4.78 is 5.66. The molecule has 1 saturated heterocycles. The summed E-state index contributed by atoms with van der Waals surface area (Å²) in [6.45, 7) is 11.0. The average Bonchev–Trinajstić information content (AvgIpc) is 2.03. The van der Waals surface area contributed by atoms with Crippen molar-refractivity contribution < 1.29 is 4.74 Å². The van der Waals surface area contributed by atoms with E-state index in [0.717, 1.165) is 19.6 Å². The molecule has 1 fully saturated rings. The van der Waals surface area contributed by atoms with Gasteiger partial charge in [-0.25, -0.2) is 0 Å². The van der Waals surface area contributed by atoms with Gasteiger partial charge < -0.3 is 4.74 Å². The Balaban J connectivity index is 2.36. The topological polar surface area (TPSA) is 21.3 Å². The maximum atomic E-state index is 5.66. The van der Waals surface area contributed by atoms with Crippen molar-refractivity contribution in [3.63, 3.8) is 0 Å². The van der Waals surface area contributed by atoms with E-state index >= 15 is 0 Å². The van der Waals surface area contributed by atoms with Gasteiger partial charge in [-0.3, -0.25) is 5.32 Å². The van der Waals surface area contributed by atoms with Gasteiger partial charge >= 0.3 is 0 Å². The van der Waals surface area contributed by atoms with Crippen LogP contribution in [0.1, 0.15) is 34.1 Å². The van der Waals surface area contributed by atoms with E-state index < -0.39 is 0 Å². The van der Waals surface area contributed by atoms with Crippen molar-refractivity contribution >= 4 is 0 Å². The minimum Gasteiger partial charge on any atom is -0.363 e. The first kappa shape index (κ1) is 10.0. The lowest BCUT2D eigenvalue weighted by Crippen LogP contribution is -2.47. The molecular weight excluding hydrogens is 150 g/mol. The summed E-state index contributed by atoms with van der Waals surface area (Å²) in [6.07, 6.45) is 1.36. The van der Waals surface area contributed by atoms with E-state index in [4.69, 9.17) is 4.74 Å². The number of hydrogen-bond donors (Lipinski definition) is 1. The minimum absolute atomic E-state index is 0.295. The molecule has 1 heterocycles. The van der Waals surface area contributed by atoms with Crippen LogP contribution < -0.4 is 5.32 Å². The molecule has 2 unspecified atom stereocenters. The van der Waals surface area contributed by atoms with Crippen molar-refractivity contribution in [3.05, 3.63) is 0 Å². The zero-order valence-corrected chi connectivity index (χ0v) is 8.68. The highest BCUT2D eigenvalue weighted by Crippen LogP contribution is 2.27. The van der Waals surface area contributed by atoms with Gasteiger partial charge in [-0.05, 0) is 17.8 Å². The summed E-state index contributed by atoms with van der Waals surface area (Å²) in [5, 5.41) is 3.40.